The summed E-state index contributed by atoms with van der Waals surface area (Å²) in [6, 6.07) is 9.45. The fourth-order valence-electron chi connectivity index (χ4n) is 2.89. The van der Waals surface area contributed by atoms with E-state index in [1.54, 1.807) is 23.0 Å². The summed E-state index contributed by atoms with van der Waals surface area (Å²) in [6.07, 6.45) is 4.99. The van der Waals surface area contributed by atoms with E-state index in [2.05, 4.69) is 20.4 Å². The Balaban J connectivity index is 1.21. The third-order valence-corrected chi connectivity index (χ3v) is 4.44. The summed E-state index contributed by atoms with van der Waals surface area (Å²) in [6.45, 7) is 1.91. The molecule has 1 amide bonds. The summed E-state index contributed by atoms with van der Waals surface area (Å²) in [5.41, 5.74) is 0. The molecular formula is C19H19FN6O2. The second kappa shape index (κ2) is 8.03. The van der Waals surface area contributed by atoms with Crippen molar-refractivity contribution in [1.82, 2.24) is 25.1 Å². The van der Waals surface area contributed by atoms with Gasteiger partial charge < -0.3 is 15.0 Å². The summed E-state index contributed by atoms with van der Waals surface area (Å²) in [4.78, 5) is 22.7. The number of carbonyl (C=O) groups is 1. The van der Waals surface area contributed by atoms with Crippen LogP contribution in [0.2, 0.25) is 0 Å². The van der Waals surface area contributed by atoms with Crippen LogP contribution in [0.25, 0.3) is 5.82 Å². The maximum atomic E-state index is 12.8. The van der Waals surface area contributed by atoms with Crippen LogP contribution < -0.4 is 15.0 Å². The van der Waals surface area contributed by atoms with Crippen LogP contribution in [0.4, 0.5) is 10.2 Å². The lowest BCUT2D eigenvalue weighted by molar-refractivity contribution is -0.125. The Hall–Kier alpha value is -3.49. The molecule has 3 aromatic rings. The molecule has 28 heavy (non-hydrogen) atoms. The first-order valence-corrected chi connectivity index (χ1v) is 8.92. The number of hydrogen-bond donors (Lipinski definition) is 1. The van der Waals surface area contributed by atoms with E-state index >= 15 is 0 Å². The first kappa shape index (κ1) is 17.9. The molecule has 8 nitrogen and oxygen atoms in total. The minimum Gasteiger partial charge on any atom is -0.492 e. The molecule has 0 unspecified atom stereocenters. The van der Waals surface area contributed by atoms with Gasteiger partial charge in [0.1, 0.15) is 30.3 Å². The van der Waals surface area contributed by atoms with E-state index in [-0.39, 0.29) is 17.6 Å². The monoisotopic (exact) mass is 382 g/mol. The lowest BCUT2D eigenvalue weighted by Crippen LogP contribution is -2.54. The molecule has 1 saturated heterocycles. The van der Waals surface area contributed by atoms with Crippen molar-refractivity contribution in [1.29, 1.82) is 0 Å². The van der Waals surface area contributed by atoms with Gasteiger partial charge in [-0.15, -0.1) is 0 Å². The van der Waals surface area contributed by atoms with Crippen molar-refractivity contribution in [2.24, 2.45) is 5.92 Å². The van der Waals surface area contributed by atoms with Crippen molar-refractivity contribution in [2.45, 2.75) is 0 Å². The number of anilines is 1. The van der Waals surface area contributed by atoms with Crippen LogP contribution in [0, 0.1) is 11.7 Å². The minimum absolute atomic E-state index is 0.0136. The van der Waals surface area contributed by atoms with Gasteiger partial charge in [0.2, 0.25) is 5.91 Å². The summed E-state index contributed by atoms with van der Waals surface area (Å²) in [5, 5.41) is 7.02. The molecule has 3 heterocycles. The second-order valence-electron chi connectivity index (χ2n) is 6.38. The first-order chi connectivity index (χ1) is 13.7. The third-order valence-electron chi connectivity index (χ3n) is 4.44. The zero-order chi connectivity index (χ0) is 19.3. The molecule has 9 heteroatoms. The molecule has 2 aromatic heterocycles. The Kier molecular flexibility index (Phi) is 5.14. The highest BCUT2D eigenvalue weighted by atomic mass is 19.1. The van der Waals surface area contributed by atoms with Crippen LogP contribution >= 0.6 is 0 Å². The molecule has 0 radical (unpaired) electrons. The highest BCUT2D eigenvalue weighted by Crippen LogP contribution is 2.23. The lowest BCUT2D eigenvalue weighted by atomic mass is 9.99. The van der Waals surface area contributed by atoms with Gasteiger partial charge in [-0.2, -0.15) is 5.10 Å². The number of ether oxygens (including phenoxy) is 1. The van der Waals surface area contributed by atoms with E-state index in [0.29, 0.717) is 37.8 Å². The first-order valence-electron chi connectivity index (χ1n) is 8.92. The second-order valence-corrected chi connectivity index (χ2v) is 6.38. The van der Waals surface area contributed by atoms with Crippen molar-refractivity contribution in [3.05, 3.63) is 60.9 Å². The molecule has 1 aliphatic heterocycles. The van der Waals surface area contributed by atoms with E-state index < -0.39 is 0 Å². The van der Waals surface area contributed by atoms with Crippen LogP contribution in [0.3, 0.4) is 0 Å². The van der Waals surface area contributed by atoms with Gasteiger partial charge in [-0.1, -0.05) is 0 Å². The molecule has 0 spiro atoms. The maximum Gasteiger partial charge on any atom is 0.226 e. The van der Waals surface area contributed by atoms with Crippen LogP contribution in [0.5, 0.6) is 5.75 Å². The topological polar surface area (TPSA) is 85.2 Å². The van der Waals surface area contributed by atoms with Crippen LogP contribution in [-0.4, -0.2) is 51.9 Å². The SMILES string of the molecule is O=C(NCCOc1ccc(F)cc1)C1CN(c2cc(-n3cccn3)ncn2)C1. The number of amides is 1. The van der Waals surface area contributed by atoms with E-state index in [9.17, 15) is 9.18 Å². The Morgan fingerprint density at radius 2 is 2.00 bits per heavy atom. The minimum atomic E-state index is -0.310. The maximum absolute atomic E-state index is 12.8. The van der Waals surface area contributed by atoms with Crippen LogP contribution in [-0.2, 0) is 4.79 Å². The number of benzene rings is 1. The van der Waals surface area contributed by atoms with Gasteiger partial charge in [-0.25, -0.2) is 19.0 Å². The average molecular weight is 382 g/mol. The molecule has 4 rings (SSSR count). The largest absolute Gasteiger partial charge is 0.492 e. The summed E-state index contributed by atoms with van der Waals surface area (Å²) in [7, 11) is 0. The molecule has 1 fully saturated rings. The van der Waals surface area contributed by atoms with Gasteiger partial charge in [-0.3, -0.25) is 4.79 Å². The third kappa shape index (κ3) is 4.08. The fourth-order valence-corrected chi connectivity index (χ4v) is 2.89. The Morgan fingerprint density at radius 1 is 1.21 bits per heavy atom. The highest BCUT2D eigenvalue weighted by molar-refractivity contribution is 5.81. The quantitative estimate of drug-likeness (QED) is 0.623. The fraction of sp³-hybridized carbons (Fsp3) is 0.263. The Labute approximate surface area is 161 Å². The molecule has 0 saturated carbocycles. The van der Waals surface area contributed by atoms with Gasteiger partial charge in [-0.05, 0) is 30.3 Å². The molecule has 1 aliphatic rings. The standard InChI is InChI=1S/C19H19FN6O2/c20-15-2-4-16(5-3-15)28-9-7-21-19(27)14-11-25(12-14)17-10-18(23-13-22-17)26-8-1-6-24-26/h1-6,8,10,13-14H,7,9,11-12H2,(H,21,27). The van der Waals surface area contributed by atoms with Crippen molar-refractivity contribution in [2.75, 3.05) is 31.1 Å². The number of nitrogens with one attached hydrogen (secondary N) is 1. The average Bonchev–Trinajstić information content (AvgIpc) is 3.21. The molecular weight excluding hydrogens is 363 g/mol. The number of carbonyl (C=O) groups excluding carboxylic acids is 1. The zero-order valence-electron chi connectivity index (χ0n) is 15.0. The van der Waals surface area contributed by atoms with Gasteiger partial charge >= 0.3 is 0 Å². The van der Waals surface area contributed by atoms with Crippen LogP contribution in [0.15, 0.2) is 55.1 Å². The lowest BCUT2D eigenvalue weighted by Gasteiger charge is -2.39. The number of rotatable bonds is 7. The Bertz CT molecular complexity index is 926. The zero-order valence-corrected chi connectivity index (χ0v) is 15.0. The summed E-state index contributed by atoms with van der Waals surface area (Å²) in [5.74, 6) is 1.61. The predicted molar refractivity (Wildman–Crippen MR) is 99.8 cm³/mol. The molecule has 0 aliphatic carbocycles. The number of hydrogen-bond acceptors (Lipinski definition) is 6. The van der Waals surface area contributed by atoms with Crippen molar-refractivity contribution < 1.29 is 13.9 Å². The molecule has 144 valence electrons. The van der Waals surface area contributed by atoms with Crippen molar-refractivity contribution >= 4 is 11.7 Å². The van der Waals surface area contributed by atoms with E-state index in [1.807, 2.05) is 23.2 Å². The van der Waals surface area contributed by atoms with Gasteiger partial charge in [0.05, 0.1) is 12.5 Å². The van der Waals surface area contributed by atoms with Crippen molar-refractivity contribution in [3.8, 4) is 11.6 Å². The normalized spacial score (nSPS) is 13.8. The summed E-state index contributed by atoms with van der Waals surface area (Å²) >= 11 is 0. The smallest absolute Gasteiger partial charge is 0.226 e. The van der Waals surface area contributed by atoms with E-state index in [1.165, 1.54) is 18.5 Å². The van der Waals surface area contributed by atoms with Gasteiger partial charge in [0, 0.05) is 31.5 Å². The van der Waals surface area contributed by atoms with Crippen molar-refractivity contribution in [3.63, 3.8) is 0 Å². The molecule has 0 bridgehead atoms. The van der Waals surface area contributed by atoms with Crippen LogP contribution in [0.1, 0.15) is 0 Å². The molecule has 1 aromatic carbocycles. The number of aromatic nitrogens is 4. The van der Waals surface area contributed by atoms with Gasteiger partial charge in [0.15, 0.2) is 5.82 Å². The van der Waals surface area contributed by atoms with Gasteiger partial charge in [0.25, 0.3) is 0 Å². The Morgan fingerprint density at radius 3 is 2.75 bits per heavy atom. The number of halogens is 1. The number of nitrogens with zero attached hydrogens (tertiary/aromatic N) is 5. The molecule has 0 atom stereocenters. The summed E-state index contributed by atoms with van der Waals surface area (Å²) < 4.78 is 20.0. The highest BCUT2D eigenvalue weighted by Gasteiger charge is 2.33. The predicted octanol–water partition coefficient (Wildman–Crippen LogP) is 1.43. The van der Waals surface area contributed by atoms with E-state index in [0.717, 1.165) is 5.82 Å². The molecule has 1 N–H and O–H groups in total. The van der Waals surface area contributed by atoms with E-state index in [4.69, 9.17) is 4.74 Å².